The summed E-state index contributed by atoms with van der Waals surface area (Å²) in [5, 5.41) is 12.8. The van der Waals surface area contributed by atoms with E-state index in [0.29, 0.717) is 19.2 Å². The van der Waals surface area contributed by atoms with Crippen LogP contribution in [-0.2, 0) is 9.53 Å². The predicted octanol–water partition coefficient (Wildman–Crippen LogP) is 1.03. The van der Waals surface area contributed by atoms with Crippen LogP contribution in [0.3, 0.4) is 0 Å². The van der Waals surface area contributed by atoms with Gasteiger partial charge in [0.05, 0.1) is 19.1 Å². The fourth-order valence-electron chi connectivity index (χ4n) is 1.31. The summed E-state index contributed by atoms with van der Waals surface area (Å²) in [4.78, 5) is 11.1. The van der Waals surface area contributed by atoms with Gasteiger partial charge in [-0.15, -0.1) is 0 Å². The van der Waals surface area contributed by atoms with Gasteiger partial charge in [-0.05, 0) is 19.6 Å². The highest BCUT2D eigenvalue weighted by molar-refractivity contribution is 7.98. The first-order valence-electron chi connectivity index (χ1n) is 5.70. The molecule has 0 aromatic carbocycles. The maximum Gasteiger partial charge on any atom is 0.308 e. The zero-order chi connectivity index (χ0) is 12.4. The molecule has 2 atom stereocenters. The van der Waals surface area contributed by atoms with Crippen molar-refractivity contribution in [3.8, 4) is 0 Å². The molecule has 16 heavy (non-hydrogen) atoms. The quantitative estimate of drug-likeness (QED) is 0.598. The minimum absolute atomic E-state index is 0.0660. The third kappa shape index (κ3) is 7.96. The van der Waals surface area contributed by atoms with Crippen LogP contribution in [0.25, 0.3) is 0 Å². The van der Waals surface area contributed by atoms with Crippen molar-refractivity contribution in [2.24, 2.45) is 0 Å². The zero-order valence-corrected chi connectivity index (χ0v) is 11.2. The first-order chi connectivity index (χ1) is 7.63. The molecule has 2 unspecified atom stereocenters. The van der Waals surface area contributed by atoms with Crippen LogP contribution in [0.5, 0.6) is 0 Å². The maximum absolute atomic E-state index is 11.1. The molecule has 0 fully saturated rings. The van der Waals surface area contributed by atoms with Gasteiger partial charge in [-0.3, -0.25) is 4.79 Å². The molecule has 0 heterocycles. The van der Waals surface area contributed by atoms with Crippen molar-refractivity contribution in [3.63, 3.8) is 0 Å². The number of aliphatic hydroxyl groups excluding tert-OH is 1. The Labute approximate surface area is 102 Å². The Kier molecular flexibility index (Phi) is 9.77. The largest absolute Gasteiger partial charge is 0.466 e. The highest BCUT2D eigenvalue weighted by Gasteiger charge is 2.13. The van der Waals surface area contributed by atoms with E-state index in [1.165, 1.54) is 0 Å². The lowest BCUT2D eigenvalue weighted by Gasteiger charge is -2.18. The summed E-state index contributed by atoms with van der Waals surface area (Å²) < 4.78 is 4.76. The van der Waals surface area contributed by atoms with Gasteiger partial charge in [0, 0.05) is 18.3 Å². The van der Waals surface area contributed by atoms with Crippen molar-refractivity contribution < 1.29 is 14.6 Å². The molecule has 0 rings (SSSR count). The fraction of sp³-hybridized carbons (Fsp3) is 0.909. The molecule has 4 nitrogen and oxygen atoms in total. The van der Waals surface area contributed by atoms with Crippen LogP contribution < -0.4 is 5.32 Å². The SMILES string of the molecule is CCOC(=O)CC(O)CNC(CC)CSC. The molecule has 0 amide bonds. The average Bonchev–Trinajstić information content (AvgIpc) is 2.24. The van der Waals surface area contributed by atoms with E-state index >= 15 is 0 Å². The van der Waals surface area contributed by atoms with Crippen LogP contribution in [0.15, 0.2) is 0 Å². The second-order valence-corrected chi connectivity index (χ2v) is 4.54. The first kappa shape index (κ1) is 15.7. The Hall–Kier alpha value is -0.260. The minimum atomic E-state index is -0.657. The highest BCUT2D eigenvalue weighted by atomic mass is 32.2. The van der Waals surface area contributed by atoms with Crippen LogP contribution in [0, 0.1) is 0 Å². The Bertz CT molecular complexity index is 190. The summed E-state index contributed by atoms with van der Waals surface area (Å²) >= 11 is 1.77. The van der Waals surface area contributed by atoms with Crippen LogP contribution >= 0.6 is 11.8 Å². The van der Waals surface area contributed by atoms with Gasteiger partial charge < -0.3 is 15.2 Å². The van der Waals surface area contributed by atoms with E-state index in [-0.39, 0.29) is 12.4 Å². The lowest BCUT2D eigenvalue weighted by molar-refractivity contribution is -0.145. The van der Waals surface area contributed by atoms with Gasteiger partial charge in [-0.1, -0.05) is 6.92 Å². The van der Waals surface area contributed by atoms with Crippen molar-refractivity contribution in [1.29, 1.82) is 0 Å². The van der Waals surface area contributed by atoms with Gasteiger partial charge >= 0.3 is 5.97 Å². The number of carbonyl (C=O) groups is 1. The molecular formula is C11H23NO3S. The number of esters is 1. The van der Waals surface area contributed by atoms with Crippen molar-refractivity contribution in [2.45, 2.75) is 38.8 Å². The fourth-order valence-corrected chi connectivity index (χ4v) is 2.07. The number of hydrogen-bond acceptors (Lipinski definition) is 5. The summed E-state index contributed by atoms with van der Waals surface area (Å²) in [5.74, 6) is 0.678. The van der Waals surface area contributed by atoms with Crippen molar-refractivity contribution in [1.82, 2.24) is 5.32 Å². The van der Waals surface area contributed by atoms with E-state index < -0.39 is 6.10 Å². The Morgan fingerprint density at radius 3 is 2.69 bits per heavy atom. The molecule has 0 saturated heterocycles. The normalized spacial score (nSPS) is 14.5. The molecule has 0 aromatic heterocycles. The van der Waals surface area contributed by atoms with E-state index in [0.717, 1.165) is 12.2 Å². The van der Waals surface area contributed by atoms with E-state index in [2.05, 4.69) is 18.5 Å². The molecule has 0 aliphatic rings. The van der Waals surface area contributed by atoms with E-state index in [1.54, 1.807) is 18.7 Å². The van der Waals surface area contributed by atoms with Crippen molar-refractivity contribution in [2.75, 3.05) is 25.2 Å². The molecule has 5 heteroatoms. The zero-order valence-electron chi connectivity index (χ0n) is 10.4. The second kappa shape index (κ2) is 9.93. The standard InChI is InChI=1S/C11H23NO3S/c1-4-9(8-16-3)12-7-10(13)6-11(14)15-5-2/h9-10,12-13H,4-8H2,1-3H3. The highest BCUT2D eigenvalue weighted by Crippen LogP contribution is 2.02. The topological polar surface area (TPSA) is 58.6 Å². The smallest absolute Gasteiger partial charge is 0.308 e. The summed E-state index contributed by atoms with van der Waals surface area (Å²) in [6.07, 6.45) is 2.48. The van der Waals surface area contributed by atoms with E-state index in [1.807, 2.05) is 0 Å². The van der Waals surface area contributed by atoms with Crippen molar-refractivity contribution in [3.05, 3.63) is 0 Å². The van der Waals surface area contributed by atoms with Gasteiger partial charge in [0.15, 0.2) is 0 Å². The Balaban J connectivity index is 3.69. The third-order valence-corrected chi connectivity index (χ3v) is 2.95. The number of aliphatic hydroxyl groups is 1. The van der Waals surface area contributed by atoms with Gasteiger partial charge in [0.25, 0.3) is 0 Å². The molecule has 0 aromatic rings. The number of carbonyl (C=O) groups excluding carboxylic acids is 1. The average molecular weight is 249 g/mol. The molecule has 0 saturated carbocycles. The number of nitrogens with one attached hydrogen (secondary N) is 1. The number of rotatable bonds is 9. The number of thioether (sulfide) groups is 1. The molecule has 0 bridgehead atoms. The summed E-state index contributed by atoms with van der Waals surface area (Å²) in [6.45, 7) is 4.67. The third-order valence-electron chi connectivity index (χ3n) is 2.21. The summed E-state index contributed by atoms with van der Waals surface area (Å²) in [6, 6.07) is 0.395. The van der Waals surface area contributed by atoms with E-state index in [4.69, 9.17) is 4.74 Å². The molecular weight excluding hydrogens is 226 g/mol. The minimum Gasteiger partial charge on any atom is -0.466 e. The second-order valence-electron chi connectivity index (χ2n) is 3.63. The maximum atomic E-state index is 11.1. The van der Waals surface area contributed by atoms with Crippen LogP contribution in [0.4, 0.5) is 0 Å². The first-order valence-corrected chi connectivity index (χ1v) is 7.09. The number of hydrogen-bond donors (Lipinski definition) is 2. The Morgan fingerprint density at radius 2 is 2.19 bits per heavy atom. The lowest BCUT2D eigenvalue weighted by atomic mass is 10.2. The van der Waals surface area contributed by atoms with Gasteiger partial charge in [-0.25, -0.2) is 0 Å². The predicted molar refractivity (Wildman–Crippen MR) is 67.7 cm³/mol. The van der Waals surface area contributed by atoms with Crippen LogP contribution in [0.1, 0.15) is 26.7 Å². The lowest BCUT2D eigenvalue weighted by Crippen LogP contribution is -2.37. The summed E-state index contributed by atoms with van der Waals surface area (Å²) in [7, 11) is 0. The molecule has 0 aliphatic carbocycles. The van der Waals surface area contributed by atoms with Crippen molar-refractivity contribution >= 4 is 17.7 Å². The molecule has 0 aliphatic heterocycles. The summed E-state index contributed by atoms with van der Waals surface area (Å²) in [5.41, 5.74) is 0. The van der Waals surface area contributed by atoms with Crippen LogP contribution in [-0.4, -0.2) is 48.4 Å². The van der Waals surface area contributed by atoms with Gasteiger partial charge in [-0.2, -0.15) is 11.8 Å². The molecule has 0 spiro atoms. The van der Waals surface area contributed by atoms with Crippen LogP contribution in [0.2, 0.25) is 0 Å². The monoisotopic (exact) mass is 249 g/mol. The molecule has 96 valence electrons. The van der Waals surface area contributed by atoms with Gasteiger partial charge in [0.1, 0.15) is 0 Å². The molecule has 0 radical (unpaired) electrons. The number of ether oxygens (including phenoxy) is 1. The Morgan fingerprint density at radius 1 is 1.50 bits per heavy atom. The van der Waals surface area contributed by atoms with E-state index in [9.17, 15) is 9.90 Å². The van der Waals surface area contributed by atoms with Gasteiger partial charge in [0.2, 0.25) is 0 Å². The molecule has 2 N–H and O–H groups in total.